The van der Waals surface area contributed by atoms with Crippen LogP contribution in [0.3, 0.4) is 0 Å². The van der Waals surface area contributed by atoms with Crippen molar-refractivity contribution in [2.24, 2.45) is 0 Å². The predicted molar refractivity (Wildman–Crippen MR) is 75.9 cm³/mol. The average molecular weight is 288 g/mol. The van der Waals surface area contributed by atoms with Crippen LogP contribution in [0.25, 0.3) is 0 Å². The van der Waals surface area contributed by atoms with Crippen LogP contribution < -0.4 is 0 Å². The van der Waals surface area contributed by atoms with E-state index in [4.69, 9.17) is 11.6 Å². The Morgan fingerprint density at radius 1 is 1.39 bits per heavy atom. The Hall–Kier alpha value is -0.810. The third-order valence-corrected chi connectivity index (χ3v) is 3.55. The van der Waals surface area contributed by atoms with Gasteiger partial charge in [-0.1, -0.05) is 11.6 Å². The molecule has 0 aliphatic rings. The number of hydrogen-bond donors (Lipinski definition) is 0. The lowest BCUT2D eigenvalue weighted by molar-refractivity contribution is -0.127. The highest BCUT2D eigenvalue weighted by atomic mass is 35.5. The molecule has 0 radical (unpaired) electrons. The molecule has 1 aromatic rings. The molecule has 0 saturated heterocycles. The fourth-order valence-corrected chi connectivity index (χ4v) is 2.58. The first kappa shape index (κ1) is 15.2. The molecule has 0 N–H and O–H groups in total. The molecular formula is C12H18ClN3OS. The van der Waals surface area contributed by atoms with Gasteiger partial charge in [-0.25, -0.2) is 9.97 Å². The Bertz CT molecular complexity index is 390. The fraction of sp³-hybridized carbons (Fsp3) is 0.583. The molecule has 0 bridgehead atoms. The first-order chi connectivity index (χ1) is 8.56. The van der Waals surface area contributed by atoms with Gasteiger partial charge in [0.05, 0.1) is 11.5 Å². The van der Waals surface area contributed by atoms with Crippen molar-refractivity contribution in [3.05, 3.63) is 22.7 Å². The maximum Gasteiger partial charge on any atom is 0.232 e. The van der Waals surface area contributed by atoms with Crippen molar-refractivity contribution < 1.29 is 4.79 Å². The van der Waals surface area contributed by atoms with Gasteiger partial charge in [-0.3, -0.25) is 4.79 Å². The van der Waals surface area contributed by atoms with Crippen molar-refractivity contribution in [2.45, 2.75) is 26.5 Å². The molecule has 0 unspecified atom stereocenters. The number of carbonyl (C=O) groups is 1. The summed E-state index contributed by atoms with van der Waals surface area (Å²) < 4.78 is 0. The van der Waals surface area contributed by atoms with Crippen LogP contribution in [0.2, 0.25) is 5.15 Å². The summed E-state index contributed by atoms with van der Waals surface area (Å²) in [6.45, 7) is 7.35. The maximum absolute atomic E-state index is 11.8. The van der Waals surface area contributed by atoms with E-state index < -0.39 is 0 Å². The highest BCUT2D eigenvalue weighted by Gasteiger charge is 2.10. The lowest BCUT2D eigenvalue weighted by atomic mass is 10.4. The summed E-state index contributed by atoms with van der Waals surface area (Å²) in [5.74, 6) is 1.89. The fourth-order valence-electron chi connectivity index (χ4n) is 1.55. The van der Waals surface area contributed by atoms with E-state index in [2.05, 4.69) is 9.97 Å². The van der Waals surface area contributed by atoms with Crippen molar-refractivity contribution in [2.75, 3.05) is 18.8 Å². The molecule has 0 atom stereocenters. The molecule has 0 fully saturated rings. The van der Waals surface area contributed by atoms with Crippen LogP contribution in [0, 0.1) is 6.92 Å². The van der Waals surface area contributed by atoms with Crippen LogP contribution in [0.5, 0.6) is 0 Å². The second-order valence-electron chi connectivity index (χ2n) is 3.81. The van der Waals surface area contributed by atoms with Gasteiger partial charge in [0.2, 0.25) is 5.91 Å². The first-order valence-electron chi connectivity index (χ1n) is 5.92. The number of aryl methyl sites for hydroxylation is 1. The van der Waals surface area contributed by atoms with Crippen molar-refractivity contribution in [1.29, 1.82) is 0 Å². The van der Waals surface area contributed by atoms with Gasteiger partial charge < -0.3 is 4.90 Å². The van der Waals surface area contributed by atoms with E-state index in [9.17, 15) is 4.79 Å². The molecule has 4 nitrogen and oxygen atoms in total. The number of aromatic nitrogens is 2. The van der Waals surface area contributed by atoms with Crippen molar-refractivity contribution in [1.82, 2.24) is 14.9 Å². The van der Waals surface area contributed by atoms with E-state index >= 15 is 0 Å². The topological polar surface area (TPSA) is 46.1 Å². The zero-order valence-electron chi connectivity index (χ0n) is 10.9. The SMILES string of the molecule is CCN(CC)C(=O)CSCc1nc(C)cc(Cl)n1. The van der Waals surface area contributed by atoms with E-state index in [0.29, 0.717) is 22.5 Å². The summed E-state index contributed by atoms with van der Waals surface area (Å²) in [4.78, 5) is 22.0. The number of nitrogens with zero attached hydrogens (tertiary/aromatic N) is 3. The molecule has 0 aromatic carbocycles. The highest BCUT2D eigenvalue weighted by Crippen LogP contribution is 2.13. The van der Waals surface area contributed by atoms with Crippen molar-refractivity contribution in [3.63, 3.8) is 0 Å². The van der Waals surface area contributed by atoms with Crippen LogP contribution in [0.15, 0.2) is 6.07 Å². The number of carbonyl (C=O) groups excluding carboxylic acids is 1. The molecule has 0 aliphatic carbocycles. The Morgan fingerprint density at radius 3 is 2.61 bits per heavy atom. The second kappa shape index (κ2) is 7.59. The maximum atomic E-state index is 11.8. The number of thioether (sulfide) groups is 1. The highest BCUT2D eigenvalue weighted by molar-refractivity contribution is 7.99. The third kappa shape index (κ3) is 4.82. The van der Waals surface area contributed by atoms with E-state index in [1.54, 1.807) is 6.07 Å². The van der Waals surface area contributed by atoms with Gasteiger partial charge in [0.1, 0.15) is 11.0 Å². The van der Waals surface area contributed by atoms with E-state index in [1.807, 2.05) is 25.7 Å². The van der Waals surface area contributed by atoms with Gasteiger partial charge in [-0.2, -0.15) is 0 Å². The molecule has 100 valence electrons. The Morgan fingerprint density at radius 2 is 2.06 bits per heavy atom. The molecule has 0 saturated carbocycles. The molecule has 1 heterocycles. The van der Waals surface area contributed by atoms with Crippen molar-refractivity contribution in [3.8, 4) is 0 Å². The number of rotatable bonds is 6. The minimum atomic E-state index is 0.156. The van der Waals surface area contributed by atoms with Crippen LogP contribution in [-0.4, -0.2) is 39.6 Å². The number of halogens is 1. The summed E-state index contributed by atoms with van der Waals surface area (Å²) in [5.41, 5.74) is 0.848. The third-order valence-electron chi connectivity index (χ3n) is 2.44. The lowest BCUT2D eigenvalue weighted by Gasteiger charge is -2.17. The normalized spacial score (nSPS) is 10.4. The van der Waals surface area contributed by atoms with E-state index in [1.165, 1.54) is 11.8 Å². The molecule has 0 spiro atoms. The summed E-state index contributed by atoms with van der Waals surface area (Å²) in [6.07, 6.45) is 0. The van der Waals surface area contributed by atoms with Gasteiger partial charge in [-0.15, -0.1) is 11.8 Å². The van der Waals surface area contributed by atoms with Gasteiger partial charge in [0, 0.05) is 18.8 Å². The van der Waals surface area contributed by atoms with E-state index in [0.717, 1.165) is 18.8 Å². The smallest absolute Gasteiger partial charge is 0.232 e. The summed E-state index contributed by atoms with van der Waals surface area (Å²) in [7, 11) is 0. The van der Waals surface area contributed by atoms with Gasteiger partial charge >= 0.3 is 0 Å². The van der Waals surface area contributed by atoms with Crippen LogP contribution >= 0.6 is 23.4 Å². The molecule has 1 amide bonds. The Kier molecular flexibility index (Phi) is 6.43. The molecule has 0 aliphatic heterocycles. The molecule has 18 heavy (non-hydrogen) atoms. The van der Waals surface area contributed by atoms with Gasteiger partial charge in [0.15, 0.2) is 0 Å². The molecule has 1 rings (SSSR count). The van der Waals surface area contributed by atoms with Crippen molar-refractivity contribution >= 4 is 29.3 Å². The standard InChI is InChI=1S/C12H18ClN3OS/c1-4-16(5-2)12(17)8-18-7-11-14-9(3)6-10(13)15-11/h6H,4-5,7-8H2,1-3H3. The van der Waals surface area contributed by atoms with Crippen LogP contribution in [0.4, 0.5) is 0 Å². The quantitative estimate of drug-likeness (QED) is 0.755. The van der Waals surface area contributed by atoms with Crippen LogP contribution in [-0.2, 0) is 10.5 Å². The zero-order valence-corrected chi connectivity index (χ0v) is 12.5. The lowest BCUT2D eigenvalue weighted by Crippen LogP contribution is -2.31. The van der Waals surface area contributed by atoms with Gasteiger partial charge in [-0.05, 0) is 26.8 Å². The Balaban J connectivity index is 2.44. The molecule has 6 heteroatoms. The largest absolute Gasteiger partial charge is 0.343 e. The summed E-state index contributed by atoms with van der Waals surface area (Å²) in [6, 6.07) is 1.72. The van der Waals surface area contributed by atoms with E-state index in [-0.39, 0.29) is 5.91 Å². The number of hydrogen-bond acceptors (Lipinski definition) is 4. The monoisotopic (exact) mass is 287 g/mol. The first-order valence-corrected chi connectivity index (χ1v) is 7.45. The minimum absolute atomic E-state index is 0.156. The summed E-state index contributed by atoms with van der Waals surface area (Å²) >= 11 is 7.37. The number of amides is 1. The van der Waals surface area contributed by atoms with Gasteiger partial charge in [0.25, 0.3) is 0 Å². The average Bonchev–Trinajstić information content (AvgIpc) is 2.29. The van der Waals surface area contributed by atoms with Crippen LogP contribution in [0.1, 0.15) is 25.4 Å². The zero-order chi connectivity index (χ0) is 13.5. The molecule has 1 aromatic heterocycles. The second-order valence-corrected chi connectivity index (χ2v) is 5.18. The minimum Gasteiger partial charge on any atom is -0.343 e. The predicted octanol–water partition coefficient (Wildman–Crippen LogP) is 2.54. The molecular weight excluding hydrogens is 270 g/mol. The Labute approximate surface area is 117 Å². The summed E-state index contributed by atoms with van der Waals surface area (Å²) in [5, 5.41) is 0.452.